The van der Waals surface area contributed by atoms with Gasteiger partial charge < -0.3 is 5.32 Å². The van der Waals surface area contributed by atoms with Crippen molar-refractivity contribution in [3.8, 4) is 0 Å². The highest BCUT2D eigenvalue weighted by Gasteiger charge is 2.21. The summed E-state index contributed by atoms with van der Waals surface area (Å²) in [6.45, 7) is 3.66. The summed E-state index contributed by atoms with van der Waals surface area (Å²) in [6, 6.07) is 20.5. The lowest BCUT2D eigenvalue weighted by Crippen LogP contribution is -2.27. The van der Waals surface area contributed by atoms with Crippen molar-refractivity contribution in [1.29, 1.82) is 0 Å². The molecule has 0 spiro atoms. The highest BCUT2D eigenvalue weighted by molar-refractivity contribution is 7.92. The van der Waals surface area contributed by atoms with Gasteiger partial charge in [0.15, 0.2) is 0 Å². The molecule has 0 aliphatic carbocycles. The van der Waals surface area contributed by atoms with Gasteiger partial charge in [0.2, 0.25) is 0 Å². The third-order valence-electron chi connectivity index (χ3n) is 4.52. The molecule has 3 rings (SSSR count). The first kappa shape index (κ1) is 20.9. The molecular weight excluding hydrogens is 408 g/mol. The zero-order chi connectivity index (χ0) is 21.0. The van der Waals surface area contributed by atoms with Gasteiger partial charge in [0.25, 0.3) is 15.9 Å². The lowest BCUT2D eigenvalue weighted by molar-refractivity contribution is 0.0939. The maximum absolute atomic E-state index is 12.9. The van der Waals surface area contributed by atoms with E-state index in [1.54, 1.807) is 25.1 Å². The van der Waals surface area contributed by atoms with Crippen LogP contribution in [0.4, 0.5) is 5.69 Å². The normalized spacial score (nSPS) is 12.2. The van der Waals surface area contributed by atoms with Crippen LogP contribution in [0, 0.1) is 6.92 Å². The molecule has 0 unspecified atom stereocenters. The molecule has 0 aliphatic rings. The molecule has 29 heavy (non-hydrogen) atoms. The second-order valence-electron chi connectivity index (χ2n) is 6.67. The maximum Gasteiger partial charge on any atom is 0.263 e. The van der Waals surface area contributed by atoms with Crippen LogP contribution in [0.2, 0.25) is 5.02 Å². The van der Waals surface area contributed by atoms with Gasteiger partial charge in [0, 0.05) is 5.56 Å². The highest BCUT2D eigenvalue weighted by Crippen LogP contribution is 2.26. The lowest BCUT2D eigenvalue weighted by Gasteiger charge is -2.16. The summed E-state index contributed by atoms with van der Waals surface area (Å²) in [6.07, 6.45) is 0. The summed E-state index contributed by atoms with van der Waals surface area (Å²) in [5.41, 5.74) is 2.39. The summed E-state index contributed by atoms with van der Waals surface area (Å²) in [4.78, 5) is 12.5. The average Bonchev–Trinajstić information content (AvgIpc) is 2.70. The topological polar surface area (TPSA) is 75.3 Å². The predicted molar refractivity (Wildman–Crippen MR) is 116 cm³/mol. The van der Waals surface area contributed by atoms with Gasteiger partial charge in [-0.15, -0.1) is 0 Å². The van der Waals surface area contributed by atoms with Crippen molar-refractivity contribution in [2.75, 3.05) is 4.72 Å². The number of aryl methyl sites for hydroxylation is 1. The number of carbonyl (C=O) groups is 1. The Labute approximate surface area is 175 Å². The first-order valence-corrected chi connectivity index (χ1v) is 10.9. The minimum Gasteiger partial charge on any atom is -0.346 e. The number of amides is 1. The first-order chi connectivity index (χ1) is 13.8. The number of anilines is 1. The van der Waals surface area contributed by atoms with E-state index in [0.717, 1.165) is 11.1 Å². The zero-order valence-electron chi connectivity index (χ0n) is 16.0. The number of hydrogen-bond acceptors (Lipinski definition) is 3. The Balaban J connectivity index is 1.85. The first-order valence-electron chi connectivity index (χ1n) is 9.02. The van der Waals surface area contributed by atoms with E-state index in [-0.39, 0.29) is 27.4 Å². The van der Waals surface area contributed by atoms with E-state index < -0.39 is 10.0 Å². The molecule has 0 saturated heterocycles. The molecule has 5 nitrogen and oxygen atoms in total. The number of rotatable bonds is 6. The Morgan fingerprint density at radius 3 is 2.31 bits per heavy atom. The number of hydrogen-bond donors (Lipinski definition) is 2. The fourth-order valence-electron chi connectivity index (χ4n) is 2.84. The van der Waals surface area contributed by atoms with Gasteiger partial charge in [0.05, 0.1) is 16.8 Å². The largest absolute Gasteiger partial charge is 0.346 e. The van der Waals surface area contributed by atoms with E-state index in [9.17, 15) is 13.2 Å². The lowest BCUT2D eigenvalue weighted by atomic mass is 10.1. The Morgan fingerprint density at radius 2 is 1.62 bits per heavy atom. The Hall–Kier alpha value is -2.83. The van der Waals surface area contributed by atoms with Crippen LogP contribution in [0.3, 0.4) is 0 Å². The highest BCUT2D eigenvalue weighted by atomic mass is 35.5. The molecule has 3 aromatic rings. The number of para-hydroxylation sites is 1. The zero-order valence-corrected chi connectivity index (χ0v) is 17.6. The van der Waals surface area contributed by atoms with Crippen LogP contribution in [0.15, 0.2) is 77.7 Å². The molecule has 0 aliphatic heterocycles. The van der Waals surface area contributed by atoms with E-state index in [1.807, 2.05) is 43.3 Å². The number of carbonyl (C=O) groups excluding carboxylic acids is 1. The second-order valence-corrected chi connectivity index (χ2v) is 8.73. The van der Waals surface area contributed by atoms with Gasteiger partial charge in [-0.25, -0.2) is 8.42 Å². The maximum atomic E-state index is 12.9. The van der Waals surface area contributed by atoms with Crippen LogP contribution in [0.1, 0.15) is 34.5 Å². The third-order valence-corrected chi connectivity index (χ3v) is 6.37. The van der Waals surface area contributed by atoms with Crippen LogP contribution in [0.25, 0.3) is 0 Å². The van der Waals surface area contributed by atoms with E-state index >= 15 is 0 Å². The van der Waals surface area contributed by atoms with Crippen LogP contribution in [-0.4, -0.2) is 14.3 Å². The van der Waals surface area contributed by atoms with Crippen LogP contribution in [-0.2, 0) is 10.0 Å². The molecule has 0 bridgehead atoms. The van der Waals surface area contributed by atoms with Crippen LogP contribution < -0.4 is 10.0 Å². The molecule has 1 amide bonds. The fourth-order valence-corrected chi connectivity index (χ4v) is 4.50. The van der Waals surface area contributed by atoms with Crippen molar-refractivity contribution >= 4 is 33.2 Å². The van der Waals surface area contributed by atoms with E-state index in [0.29, 0.717) is 5.69 Å². The van der Waals surface area contributed by atoms with Gasteiger partial charge in [-0.1, -0.05) is 60.1 Å². The summed E-state index contributed by atoms with van der Waals surface area (Å²) in [5, 5.41) is 2.91. The fraction of sp³-hybridized carbons (Fsp3) is 0.136. The molecule has 0 radical (unpaired) electrons. The van der Waals surface area contributed by atoms with Crippen molar-refractivity contribution in [2.45, 2.75) is 24.8 Å². The van der Waals surface area contributed by atoms with Crippen molar-refractivity contribution in [1.82, 2.24) is 5.32 Å². The minimum atomic E-state index is -3.97. The van der Waals surface area contributed by atoms with Crippen molar-refractivity contribution < 1.29 is 13.2 Å². The number of benzene rings is 3. The molecule has 0 fully saturated rings. The van der Waals surface area contributed by atoms with Gasteiger partial charge >= 0.3 is 0 Å². The van der Waals surface area contributed by atoms with Gasteiger partial charge in [-0.05, 0) is 49.2 Å². The second kappa shape index (κ2) is 8.68. The number of sulfonamides is 1. The minimum absolute atomic E-state index is 0.0405. The molecule has 2 N–H and O–H groups in total. The standard InChI is InChI=1S/C22H21ClN2O3S/c1-15-8-6-7-11-20(15)25-29(27,28)21-14-18(12-13-19(21)23)22(26)24-16(2)17-9-4-3-5-10-17/h3-14,16,25H,1-2H3,(H,24,26)/t16-/m0/s1. The van der Waals surface area contributed by atoms with Gasteiger partial charge in [-0.3, -0.25) is 9.52 Å². The Bertz CT molecular complexity index is 1130. The van der Waals surface area contributed by atoms with Gasteiger partial charge in [-0.2, -0.15) is 0 Å². The van der Waals surface area contributed by atoms with Crippen LogP contribution in [0.5, 0.6) is 0 Å². The summed E-state index contributed by atoms with van der Waals surface area (Å²) in [5.74, 6) is -0.384. The quantitative estimate of drug-likeness (QED) is 0.583. The van der Waals surface area contributed by atoms with E-state index in [2.05, 4.69) is 10.0 Å². The monoisotopic (exact) mass is 428 g/mol. The summed E-state index contributed by atoms with van der Waals surface area (Å²) < 4.78 is 28.3. The Kier molecular flexibility index (Phi) is 6.25. The van der Waals surface area contributed by atoms with Crippen molar-refractivity contribution in [2.24, 2.45) is 0 Å². The smallest absolute Gasteiger partial charge is 0.263 e. The van der Waals surface area contributed by atoms with Crippen molar-refractivity contribution in [3.63, 3.8) is 0 Å². The molecule has 0 heterocycles. The molecule has 7 heteroatoms. The Morgan fingerprint density at radius 1 is 0.966 bits per heavy atom. The molecule has 3 aromatic carbocycles. The van der Waals surface area contributed by atoms with E-state index in [1.165, 1.54) is 18.2 Å². The molecule has 0 aromatic heterocycles. The number of nitrogens with one attached hydrogen (secondary N) is 2. The van der Waals surface area contributed by atoms with E-state index in [4.69, 9.17) is 11.6 Å². The molecule has 150 valence electrons. The third kappa shape index (κ3) is 4.96. The van der Waals surface area contributed by atoms with Crippen molar-refractivity contribution in [3.05, 3.63) is 94.5 Å². The predicted octanol–water partition coefficient (Wildman–Crippen LogP) is 4.94. The molecule has 1 atom stereocenters. The van der Waals surface area contributed by atoms with Gasteiger partial charge in [0.1, 0.15) is 4.90 Å². The summed E-state index contributed by atoms with van der Waals surface area (Å²) >= 11 is 6.14. The SMILES string of the molecule is Cc1ccccc1NS(=O)(=O)c1cc(C(=O)N[C@@H](C)c2ccccc2)ccc1Cl. The molecule has 0 saturated carbocycles. The summed E-state index contributed by atoms with van der Waals surface area (Å²) in [7, 11) is -3.97. The van der Waals surface area contributed by atoms with Crippen LogP contribution >= 0.6 is 11.6 Å². The molecular formula is C22H21ClN2O3S. The number of halogens is 1. The average molecular weight is 429 g/mol.